The van der Waals surface area contributed by atoms with E-state index in [1.165, 1.54) is 6.07 Å². The molecule has 4 rings (SSSR count). The highest BCUT2D eigenvalue weighted by atomic mass is 32.2. The van der Waals surface area contributed by atoms with Gasteiger partial charge in [-0.1, -0.05) is 12.1 Å². The van der Waals surface area contributed by atoms with Crippen LogP contribution >= 0.6 is 0 Å². The molecular weight excluding hydrogens is 378 g/mol. The van der Waals surface area contributed by atoms with E-state index in [2.05, 4.69) is 21.6 Å². The summed E-state index contributed by atoms with van der Waals surface area (Å²) in [6.45, 7) is 4.69. The number of nitrogens with zero attached hydrogens (tertiary/aromatic N) is 2. The first-order valence-corrected chi connectivity index (χ1v) is 11.0. The Morgan fingerprint density at radius 3 is 2.43 bits per heavy atom. The third-order valence-electron chi connectivity index (χ3n) is 5.02. The molecule has 2 heterocycles. The van der Waals surface area contributed by atoms with E-state index in [4.69, 9.17) is 9.47 Å². The number of hydrogen-bond donors (Lipinski definition) is 1. The average Bonchev–Trinajstić information content (AvgIpc) is 2.94. The maximum absolute atomic E-state index is 13.0. The Bertz CT molecular complexity index is 940. The molecule has 1 fully saturated rings. The predicted octanol–water partition coefficient (Wildman–Crippen LogP) is 2.40. The van der Waals surface area contributed by atoms with Crippen molar-refractivity contribution >= 4 is 21.4 Å². The molecule has 0 aliphatic carbocycles. The zero-order valence-corrected chi connectivity index (χ0v) is 16.7. The molecule has 0 atom stereocenters. The zero-order chi connectivity index (χ0) is 19.6. The van der Waals surface area contributed by atoms with Crippen LogP contribution in [0, 0.1) is 0 Å². The van der Waals surface area contributed by atoms with Crippen LogP contribution in [0.5, 0.6) is 11.5 Å². The first kappa shape index (κ1) is 18.9. The molecule has 0 amide bonds. The minimum Gasteiger partial charge on any atom is -0.490 e. The second-order valence-corrected chi connectivity index (χ2v) is 8.75. The highest BCUT2D eigenvalue weighted by Crippen LogP contribution is 2.34. The summed E-state index contributed by atoms with van der Waals surface area (Å²) in [5, 5.41) is 0. The molecule has 0 spiro atoms. The molecule has 0 aromatic heterocycles. The lowest BCUT2D eigenvalue weighted by Gasteiger charge is -2.35. The van der Waals surface area contributed by atoms with Crippen molar-refractivity contribution in [2.75, 3.05) is 56.1 Å². The summed E-state index contributed by atoms with van der Waals surface area (Å²) in [5.74, 6) is 1.04. The number of rotatable bonds is 4. The van der Waals surface area contributed by atoms with Crippen molar-refractivity contribution in [3.05, 3.63) is 42.5 Å². The molecule has 7 nitrogen and oxygen atoms in total. The van der Waals surface area contributed by atoms with Crippen molar-refractivity contribution in [3.63, 3.8) is 0 Å². The third-order valence-corrected chi connectivity index (χ3v) is 6.38. The Kier molecular flexibility index (Phi) is 5.32. The van der Waals surface area contributed by atoms with Gasteiger partial charge in [0, 0.05) is 38.7 Å². The third kappa shape index (κ3) is 4.02. The summed E-state index contributed by atoms with van der Waals surface area (Å²) in [5.41, 5.74) is 1.48. The van der Waals surface area contributed by atoms with E-state index in [1.807, 2.05) is 18.2 Å². The topological polar surface area (TPSA) is 71.1 Å². The van der Waals surface area contributed by atoms with Gasteiger partial charge in [-0.2, -0.15) is 0 Å². The maximum atomic E-state index is 13.0. The van der Waals surface area contributed by atoms with Crippen molar-refractivity contribution in [1.82, 2.24) is 4.90 Å². The van der Waals surface area contributed by atoms with Gasteiger partial charge >= 0.3 is 0 Å². The summed E-state index contributed by atoms with van der Waals surface area (Å²) in [6.07, 6.45) is 0.771. The van der Waals surface area contributed by atoms with Gasteiger partial charge in [0.1, 0.15) is 0 Å². The molecule has 8 heteroatoms. The van der Waals surface area contributed by atoms with Crippen LogP contribution in [0.4, 0.5) is 11.4 Å². The number of ether oxygens (including phenoxy) is 2. The van der Waals surface area contributed by atoms with Crippen LogP contribution in [0.25, 0.3) is 0 Å². The molecule has 2 aliphatic heterocycles. The van der Waals surface area contributed by atoms with E-state index in [-0.39, 0.29) is 4.90 Å². The lowest BCUT2D eigenvalue weighted by molar-refractivity contribution is 0.297. The first-order chi connectivity index (χ1) is 13.5. The average molecular weight is 404 g/mol. The fourth-order valence-electron chi connectivity index (χ4n) is 3.40. The summed E-state index contributed by atoms with van der Waals surface area (Å²) in [7, 11) is -1.66. The van der Waals surface area contributed by atoms with E-state index in [9.17, 15) is 8.42 Å². The van der Waals surface area contributed by atoms with E-state index >= 15 is 0 Å². The van der Waals surface area contributed by atoms with Crippen LogP contribution in [0.2, 0.25) is 0 Å². The number of benzene rings is 2. The van der Waals surface area contributed by atoms with Gasteiger partial charge in [0.05, 0.1) is 29.5 Å². The SMILES string of the molecule is CN1CCN(c2ccccc2NS(=O)(=O)c2ccc3c(c2)OCCCO3)CC1. The smallest absolute Gasteiger partial charge is 0.262 e. The number of fused-ring (bicyclic) bond motifs is 1. The lowest BCUT2D eigenvalue weighted by atomic mass is 10.2. The predicted molar refractivity (Wildman–Crippen MR) is 109 cm³/mol. The molecule has 2 aliphatic rings. The van der Waals surface area contributed by atoms with Crippen molar-refractivity contribution < 1.29 is 17.9 Å². The minimum atomic E-state index is -3.75. The standard InChI is InChI=1S/C20H25N3O4S/c1-22-9-11-23(12-10-22)18-6-3-2-5-17(18)21-28(24,25)16-7-8-19-20(15-16)27-14-4-13-26-19/h2-3,5-8,15,21H,4,9-14H2,1H3. The molecule has 150 valence electrons. The van der Waals surface area contributed by atoms with E-state index in [0.29, 0.717) is 30.4 Å². The minimum absolute atomic E-state index is 0.157. The summed E-state index contributed by atoms with van der Waals surface area (Å²) in [6, 6.07) is 12.3. The number of anilines is 2. The Balaban J connectivity index is 1.60. The van der Waals surface area contributed by atoms with Crippen LogP contribution in [0.1, 0.15) is 6.42 Å². The largest absolute Gasteiger partial charge is 0.490 e. The molecule has 0 saturated carbocycles. The van der Waals surface area contributed by atoms with E-state index < -0.39 is 10.0 Å². The van der Waals surface area contributed by atoms with Crippen LogP contribution in [-0.2, 0) is 10.0 Å². The Morgan fingerprint density at radius 1 is 0.929 bits per heavy atom. The molecular formula is C20H25N3O4S. The Labute approximate surface area is 165 Å². The summed E-state index contributed by atoms with van der Waals surface area (Å²) in [4.78, 5) is 4.64. The molecule has 28 heavy (non-hydrogen) atoms. The number of piperazine rings is 1. The zero-order valence-electron chi connectivity index (χ0n) is 15.9. The summed E-state index contributed by atoms with van der Waals surface area (Å²) >= 11 is 0. The van der Waals surface area contributed by atoms with Gasteiger partial charge in [-0.25, -0.2) is 8.42 Å². The maximum Gasteiger partial charge on any atom is 0.262 e. The van der Waals surface area contributed by atoms with Gasteiger partial charge in [-0.05, 0) is 31.3 Å². The van der Waals surface area contributed by atoms with E-state index in [0.717, 1.165) is 38.3 Å². The second kappa shape index (κ2) is 7.89. The molecule has 1 N–H and O–H groups in total. The van der Waals surface area contributed by atoms with Crippen molar-refractivity contribution in [2.45, 2.75) is 11.3 Å². The molecule has 0 radical (unpaired) electrons. The van der Waals surface area contributed by atoms with Crippen molar-refractivity contribution in [1.29, 1.82) is 0 Å². The Morgan fingerprint density at radius 2 is 1.64 bits per heavy atom. The van der Waals surface area contributed by atoms with Gasteiger partial charge in [0.2, 0.25) is 0 Å². The normalized spacial score (nSPS) is 17.8. The van der Waals surface area contributed by atoms with Crippen LogP contribution in [0.15, 0.2) is 47.4 Å². The number of sulfonamides is 1. The molecule has 0 bridgehead atoms. The van der Waals surface area contributed by atoms with Crippen molar-refractivity contribution in [2.24, 2.45) is 0 Å². The monoisotopic (exact) mass is 403 g/mol. The fraction of sp³-hybridized carbons (Fsp3) is 0.400. The highest BCUT2D eigenvalue weighted by Gasteiger charge is 2.22. The van der Waals surface area contributed by atoms with Crippen molar-refractivity contribution in [3.8, 4) is 11.5 Å². The van der Waals surface area contributed by atoms with Crippen LogP contribution in [0.3, 0.4) is 0 Å². The quantitative estimate of drug-likeness (QED) is 0.845. The second-order valence-electron chi connectivity index (χ2n) is 7.07. The number of likely N-dealkylation sites (N-methyl/N-ethyl adjacent to an activating group) is 1. The molecule has 1 saturated heterocycles. The number of para-hydroxylation sites is 2. The first-order valence-electron chi connectivity index (χ1n) is 9.48. The highest BCUT2D eigenvalue weighted by molar-refractivity contribution is 7.92. The molecule has 0 unspecified atom stereocenters. The van der Waals surface area contributed by atoms with Gasteiger partial charge in [0.15, 0.2) is 11.5 Å². The number of hydrogen-bond acceptors (Lipinski definition) is 6. The lowest BCUT2D eigenvalue weighted by Crippen LogP contribution is -2.44. The van der Waals surface area contributed by atoms with Gasteiger partial charge in [0.25, 0.3) is 10.0 Å². The van der Waals surface area contributed by atoms with E-state index in [1.54, 1.807) is 18.2 Å². The Hall–Kier alpha value is -2.45. The fourth-order valence-corrected chi connectivity index (χ4v) is 4.49. The van der Waals surface area contributed by atoms with Gasteiger partial charge < -0.3 is 19.3 Å². The number of nitrogens with one attached hydrogen (secondary N) is 1. The summed E-state index contributed by atoms with van der Waals surface area (Å²) < 4.78 is 40.0. The molecule has 2 aromatic rings. The molecule has 2 aromatic carbocycles. The van der Waals surface area contributed by atoms with Crippen LogP contribution in [-0.4, -0.2) is 59.8 Å². The van der Waals surface area contributed by atoms with Crippen LogP contribution < -0.4 is 19.1 Å². The van der Waals surface area contributed by atoms with Gasteiger partial charge in [-0.15, -0.1) is 0 Å². The van der Waals surface area contributed by atoms with Gasteiger partial charge in [-0.3, -0.25) is 4.72 Å².